The van der Waals surface area contributed by atoms with Gasteiger partial charge < -0.3 is 9.26 Å². The standard InChI is InChI=1S/C17H20N4O2S/c1-10-8-14(17-18-12(3)23-21-17)9-11(2)16(10)22-7-5-6-15-20-19-13(4)24-15/h8-9H,5-7H2,1-4H3. The molecular weight excluding hydrogens is 324 g/mol. The normalized spacial score (nSPS) is 11.0. The summed E-state index contributed by atoms with van der Waals surface area (Å²) in [6.45, 7) is 8.48. The van der Waals surface area contributed by atoms with Gasteiger partial charge in [-0.25, -0.2) is 0 Å². The molecule has 3 rings (SSSR count). The van der Waals surface area contributed by atoms with E-state index >= 15 is 0 Å². The second-order valence-electron chi connectivity index (χ2n) is 5.74. The van der Waals surface area contributed by atoms with Crippen LogP contribution in [0.5, 0.6) is 5.75 Å². The molecule has 0 saturated carbocycles. The van der Waals surface area contributed by atoms with Crippen molar-refractivity contribution in [2.24, 2.45) is 0 Å². The van der Waals surface area contributed by atoms with Gasteiger partial charge in [0.1, 0.15) is 15.8 Å². The highest BCUT2D eigenvalue weighted by Crippen LogP contribution is 2.29. The minimum atomic E-state index is 0.563. The van der Waals surface area contributed by atoms with Gasteiger partial charge in [-0.1, -0.05) is 5.16 Å². The van der Waals surface area contributed by atoms with E-state index in [0.29, 0.717) is 18.3 Å². The monoisotopic (exact) mass is 344 g/mol. The lowest BCUT2D eigenvalue weighted by Crippen LogP contribution is -2.02. The summed E-state index contributed by atoms with van der Waals surface area (Å²) in [5.41, 5.74) is 3.08. The number of aromatic nitrogens is 4. The highest BCUT2D eigenvalue weighted by Gasteiger charge is 2.12. The molecule has 2 heterocycles. The van der Waals surface area contributed by atoms with Crippen LogP contribution < -0.4 is 4.74 Å². The Morgan fingerprint density at radius 1 is 1.08 bits per heavy atom. The molecule has 0 unspecified atom stereocenters. The zero-order chi connectivity index (χ0) is 17.1. The molecule has 3 aromatic rings. The fourth-order valence-corrected chi connectivity index (χ4v) is 3.31. The number of rotatable bonds is 6. The van der Waals surface area contributed by atoms with Crippen molar-refractivity contribution in [2.45, 2.75) is 40.5 Å². The van der Waals surface area contributed by atoms with Crippen LogP contribution in [-0.2, 0) is 6.42 Å². The number of aryl methyl sites for hydroxylation is 5. The smallest absolute Gasteiger partial charge is 0.223 e. The molecule has 7 heteroatoms. The van der Waals surface area contributed by atoms with Gasteiger partial charge in [-0.3, -0.25) is 0 Å². The lowest BCUT2D eigenvalue weighted by atomic mass is 10.1. The molecule has 0 atom stereocenters. The van der Waals surface area contributed by atoms with Crippen LogP contribution in [0, 0.1) is 27.7 Å². The number of nitrogens with zero attached hydrogens (tertiary/aromatic N) is 4. The SMILES string of the molecule is Cc1nc(-c2cc(C)c(OCCCc3nnc(C)s3)c(C)c2)no1. The van der Waals surface area contributed by atoms with Crippen LogP contribution in [0.2, 0.25) is 0 Å². The quantitative estimate of drug-likeness (QED) is 0.633. The Hall–Kier alpha value is -2.28. The van der Waals surface area contributed by atoms with Gasteiger partial charge in [0.2, 0.25) is 11.7 Å². The number of benzene rings is 1. The first-order chi connectivity index (χ1) is 11.5. The molecule has 0 amide bonds. The number of hydrogen-bond donors (Lipinski definition) is 0. The molecule has 126 valence electrons. The molecule has 0 aliphatic rings. The second kappa shape index (κ2) is 7.09. The summed E-state index contributed by atoms with van der Waals surface area (Å²) in [6.07, 6.45) is 1.81. The van der Waals surface area contributed by atoms with Crippen molar-refractivity contribution in [1.82, 2.24) is 20.3 Å². The Kier molecular flexibility index (Phi) is 4.89. The molecule has 0 spiro atoms. The Labute approximate surface area is 144 Å². The molecule has 6 nitrogen and oxygen atoms in total. The van der Waals surface area contributed by atoms with Crippen molar-refractivity contribution in [3.05, 3.63) is 39.2 Å². The summed E-state index contributed by atoms with van der Waals surface area (Å²) in [6, 6.07) is 4.06. The second-order valence-corrected chi connectivity index (χ2v) is 7.01. The molecule has 0 saturated heterocycles. The first-order valence-electron chi connectivity index (χ1n) is 7.86. The van der Waals surface area contributed by atoms with Gasteiger partial charge in [0, 0.05) is 18.9 Å². The lowest BCUT2D eigenvalue weighted by molar-refractivity contribution is 0.307. The Morgan fingerprint density at radius 3 is 2.42 bits per heavy atom. The maximum Gasteiger partial charge on any atom is 0.223 e. The van der Waals surface area contributed by atoms with Crippen LogP contribution in [0.4, 0.5) is 0 Å². The van der Waals surface area contributed by atoms with E-state index in [1.165, 1.54) is 0 Å². The van der Waals surface area contributed by atoms with Crippen LogP contribution >= 0.6 is 11.3 Å². The van der Waals surface area contributed by atoms with Crippen LogP contribution in [-0.4, -0.2) is 26.9 Å². The molecule has 1 aromatic carbocycles. The molecule has 0 radical (unpaired) electrons. The van der Waals surface area contributed by atoms with E-state index in [9.17, 15) is 0 Å². The zero-order valence-electron chi connectivity index (χ0n) is 14.3. The van der Waals surface area contributed by atoms with Crippen molar-refractivity contribution >= 4 is 11.3 Å². The maximum atomic E-state index is 5.98. The summed E-state index contributed by atoms with van der Waals surface area (Å²) in [5, 5.41) is 14.2. The average Bonchev–Trinajstić information content (AvgIpc) is 3.14. The third kappa shape index (κ3) is 3.79. The minimum absolute atomic E-state index is 0.563. The predicted octanol–water partition coefficient (Wildman–Crippen LogP) is 3.83. The molecule has 2 aromatic heterocycles. The van der Waals surface area contributed by atoms with Gasteiger partial charge in [0.15, 0.2) is 0 Å². The van der Waals surface area contributed by atoms with E-state index in [1.807, 2.05) is 32.9 Å². The summed E-state index contributed by atoms with van der Waals surface area (Å²) in [4.78, 5) is 4.27. The fourth-order valence-electron chi connectivity index (χ4n) is 2.56. The average molecular weight is 344 g/mol. The molecule has 0 aliphatic heterocycles. The largest absolute Gasteiger partial charge is 0.493 e. The minimum Gasteiger partial charge on any atom is -0.493 e. The Balaban J connectivity index is 1.63. The summed E-state index contributed by atoms with van der Waals surface area (Å²) < 4.78 is 11.0. The highest BCUT2D eigenvalue weighted by atomic mass is 32.1. The summed E-state index contributed by atoms with van der Waals surface area (Å²) in [5.74, 6) is 2.09. The van der Waals surface area contributed by atoms with Gasteiger partial charge in [-0.05, 0) is 50.5 Å². The zero-order valence-corrected chi connectivity index (χ0v) is 15.1. The van der Waals surface area contributed by atoms with E-state index in [1.54, 1.807) is 18.3 Å². The first kappa shape index (κ1) is 16.6. The summed E-state index contributed by atoms with van der Waals surface area (Å²) >= 11 is 1.64. The predicted molar refractivity (Wildman–Crippen MR) is 92.4 cm³/mol. The maximum absolute atomic E-state index is 5.98. The Morgan fingerprint density at radius 2 is 1.83 bits per heavy atom. The summed E-state index contributed by atoms with van der Waals surface area (Å²) in [7, 11) is 0. The van der Waals surface area contributed by atoms with Crippen LogP contribution in [0.1, 0.15) is 33.5 Å². The van der Waals surface area contributed by atoms with Crippen LogP contribution in [0.25, 0.3) is 11.4 Å². The van der Waals surface area contributed by atoms with Crippen LogP contribution in [0.3, 0.4) is 0 Å². The van der Waals surface area contributed by atoms with Crippen molar-refractivity contribution in [2.75, 3.05) is 6.61 Å². The van der Waals surface area contributed by atoms with Gasteiger partial charge in [-0.2, -0.15) is 4.98 Å². The molecule has 0 N–H and O–H groups in total. The molecule has 24 heavy (non-hydrogen) atoms. The number of hydrogen-bond acceptors (Lipinski definition) is 7. The molecule has 0 aliphatic carbocycles. The lowest BCUT2D eigenvalue weighted by Gasteiger charge is -2.13. The van der Waals surface area contributed by atoms with E-state index in [-0.39, 0.29) is 0 Å². The van der Waals surface area contributed by atoms with E-state index in [4.69, 9.17) is 9.26 Å². The van der Waals surface area contributed by atoms with E-state index < -0.39 is 0 Å². The van der Waals surface area contributed by atoms with E-state index in [2.05, 4.69) is 20.3 Å². The number of ether oxygens (including phenoxy) is 1. The van der Waals surface area contributed by atoms with Gasteiger partial charge in [0.25, 0.3) is 0 Å². The topological polar surface area (TPSA) is 73.9 Å². The van der Waals surface area contributed by atoms with Gasteiger partial charge in [-0.15, -0.1) is 21.5 Å². The third-order valence-electron chi connectivity index (χ3n) is 3.60. The van der Waals surface area contributed by atoms with E-state index in [0.717, 1.165) is 45.3 Å². The van der Waals surface area contributed by atoms with Gasteiger partial charge >= 0.3 is 0 Å². The highest BCUT2D eigenvalue weighted by molar-refractivity contribution is 7.11. The van der Waals surface area contributed by atoms with Crippen molar-refractivity contribution in [3.8, 4) is 17.1 Å². The van der Waals surface area contributed by atoms with Crippen molar-refractivity contribution in [3.63, 3.8) is 0 Å². The molecular formula is C17H20N4O2S. The Bertz CT molecular complexity index is 818. The van der Waals surface area contributed by atoms with Crippen molar-refractivity contribution < 1.29 is 9.26 Å². The van der Waals surface area contributed by atoms with Crippen LogP contribution in [0.15, 0.2) is 16.7 Å². The fraction of sp³-hybridized carbons (Fsp3) is 0.412. The molecule has 0 bridgehead atoms. The third-order valence-corrected chi connectivity index (χ3v) is 4.49. The first-order valence-corrected chi connectivity index (χ1v) is 8.68. The van der Waals surface area contributed by atoms with Gasteiger partial charge in [0.05, 0.1) is 6.61 Å². The molecule has 0 fully saturated rings. The van der Waals surface area contributed by atoms with Crippen molar-refractivity contribution in [1.29, 1.82) is 0 Å².